The first kappa shape index (κ1) is 14.9. The molecule has 0 bridgehead atoms. The predicted molar refractivity (Wildman–Crippen MR) is 70.3 cm³/mol. The molecule has 0 aliphatic carbocycles. The van der Waals surface area contributed by atoms with Crippen LogP contribution in [0, 0.1) is 11.7 Å². The summed E-state index contributed by atoms with van der Waals surface area (Å²) in [6.07, 6.45) is 0. The highest BCUT2D eigenvalue weighted by molar-refractivity contribution is 5.28. The van der Waals surface area contributed by atoms with E-state index >= 15 is 0 Å². The lowest BCUT2D eigenvalue weighted by molar-refractivity contribution is 0.146. The van der Waals surface area contributed by atoms with Crippen molar-refractivity contribution in [2.75, 3.05) is 20.8 Å². The number of ether oxygens (including phenoxy) is 2. The van der Waals surface area contributed by atoms with Gasteiger partial charge in [0.2, 0.25) is 0 Å². The lowest BCUT2D eigenvalue weighted by Gasteiger charge is -2.21. The van der Waals surface area contributed by atoms with E-state index in [4.69, 9.17) is 9.47 Å². The van der Waals surface area contributed by atoms with Crippen molar-refractivity contribution in [2.45, 2.75) is 26.4 Å². The molecule has 0 aliphatic rings. The quantitative estimate of drug-likeness (QED) is 0.812. The minimum absolute atomic E-state index is 0.219. The third kappa shape index (κ3) is 4.27. The Kier molecular flexibility index (Phi) is 6.09. The topological polar surface area (TPSA) is 30.5 Å². The van der Waals surface area contributed by atoms with Gasteiger partial charge in [0.15, 0.2) is 0 Å². The molecule has 1 rings (SSSR count). The molecule has 0 fully saturated rings. The van der Waals surface area contributed by atoms with E-state index < -0.39 is 0 Å². The van der Waals surface area contributed by atoms with Crippen molar-refractivity contribution in [1.29, 1.82) is 0 Å². The van der Waals surface area contributed by atoms with Crippen molar-refractivity contribution in [3.63, 3.8) is 0 Å². The van der Waals surface area contributed by atoms with Crippen LogP contribution >= 0.6 is 0 Å². The summed E-state index contributed by atoms with van der Waals surface area (Å²) >= 11 is 0. The highest BCUT2D eigenvalue weighted by Crippen LogP contribution is 2.16. The summed E-state index contributed by atoms with van der Waals surface area (Å²) in [7, 11) is 3.20. The molecule has 0 saturated heterocycles. The molecule has 18 heavy (non-hydrogen) atoms. The zero-order chi connectivity index (χ0) is 13.5. The van der Waals surface area contributed by atoms with Crippen LogP contribution in [0.5, 0.6) is 5.75 Å². The van der Waals surface area contributed by atoms with Gasteiger partial charge < -0.3 is 14.8 Å². The Hall–Kier alpha value is -1.13. The van der Waals surface area contributed by atoms with Crippen LogP contribution in [0.15, 0.2) is 18.2 Å². The average molecular weight is 255 g/mol. The Morgan fingerprint density at radius 1 is 1.28 bits per heavy atom. The van der Waals surface area contributed by atoms with E-state index in [0.29, 0.717) is 30.4 Å². The number of methoxy groups -OCH3 is 2. The molecule has 0 amide bonds. The number of benzene rings is 1. The van der Waals surface area contributed by atoms with Crippen molar-refractivity contribution >= 4 is 0 Å². The van der Waals surface area contributed by atoms with E-state index in [9.17, 15) is 4.39 Å². The van der Waals surface area contributed by atoms with Crippen molar-refractivity contribution in [1.82, 2.24) is 5.32 Å². The van der Waals surface area contributed by atoms with Crippen LogP contribution in [0.3, 0.4) is 0 Å². The lowest BCUT2D eigenvalue weighted by atomic mass is 10.0. The molecule has 0 aromatic heterocycles. The fourth-order valence-corrected chi connectivity index (χ4v) is 1.71. The fourth-order valence-electron chi connectivity index (χ4n) is 1.71. The van der Waals surface area contributed by atoms with Gasteiger partial charge in [0.1, 0.15) is 11.6 Å². The maximum Gasteiger partial charge on any atom is 0.131 e. The normalized spacial score (nSPS) is 12.8. The van der Waals surface area contributed by atoms with Crippen LogP contribution < -0.4 is 10.1 Å². The average Bonchev–Trinajstić information content (AvgIpc) is 2.35. The van der Waals surface area contributed by atoms with Gasteiger partial charge in [-0.05, 0) is 12.0 Å². The first-order valence-corrected chi connectivity index (χ1v) is 6.13. The number of hydrogen-bond acceptors (Lipinski definition) is 3. The summed E-state index contributed by atoms with van der Waals surface area (Å²) in [4.78, 5) is 0. The molecule has 4 heteroatoms. The molecular weight excluding hydrogens is 233 g/mol. The van der Waals surface area contributed by atoms with Gasteiger partial charge in [-0.15, -0.1) is 0 Å². The van der Waals surface area contributed by atoms with Crippen LogP contribution in [0.25, 0.3) is 0 Å². The zero-order valence-electron chi connectivity index (χ0n) is 11.5. The van der Waals surface area contributed by atoms with Crippen molar-refractivity contribution in [2.24, 2.45) is 5.92 Å². The molecule has 0 heterocycles. The molecule has 1 aromatic carbocycles. The Morgan fingerprint density at radius 2 is 2.00 bits per heavy atom. The van der Waals surface area contributed by atoms with Crippen molar-refractivity contribution < 1.29 is 13.9 Å². The Balaban J connectivity index is 2.61. The van der Waals surface area contributed by atoms with E-state index in [1.54, 1.807) is 19.2 Å². The largest absolute Gasteiger partial charge is 0.497 e. The van der Waals surface area contributed by atoms with Crippen LogP contribution in [0.2, 0.25) is 0 Å². The summed E-state index contributed by atoms with van der Waals surface area (Å²) in [5, 5.41) is 3.31. The van der Waals surface area contributed by atoms with Gasteiger partial charge in [-0.1, -0.05) is 19.9 Å². The molecular formula is C14H22FNO2. The maximum absolute atomic E-state index is 13.7. The standard InChI is InChI=1S/C14H22FNO2/c1-10(2)14(9-17-3)16-8-11-5-6-12(18-4)7-13(11)15/h5-7,10,14,16H,8-9H2,1-4H3. The summed E-state index contributed by atoms with van der Waals surface area (Å²) in [6, 6.07) is 5.13. The maximum atomic E-state index is 13.7. The number of halogens is 1. The van der Waals surface area contributed by atoms with Crippen LogP contribution in [-0.2, 0) is 11.3 Å². The van der Waals surface area contributed by atoms with Gasteiger partial charge >= 0.3 is 0 Å². The monoisotopic (exact) mass is 255 g/mol. The number of hydrogen-bond donors (Lipinski definition) is 1. The van der Waals surface area contributed by atoms with Gasteiger partial charge in [0, 0.05) is 31.3 Å². The molecule has 1 N–H and O–H groups in total. The third-order valence-corrected chi connectivity index (χ3v) is 2.97. The lowest BCUT2D eigenvalue weighted by Crippen LogP contribution is -2.37. The molecule has 0 spiro atoms. The second-order valence-electron chi connectivity index (χ2n) is 4.64. The second-order valence-corrected chi connectivity index (χ2v) is 4.64. The van der Waals surface area contributed by atoms with Gasteiger partial charge in [0.05, 0.1) is 13.7 Å². The predicted octanol–water partition coefficient (Wildman–Crippen LogP) is 2.59. The Morgan fingerprint density at radius 3 is 2.50 bits per heavy atom. The molecule has 0 radical (unpaired) electrons. The first-order chi connectivity index (χ1) is 8.58. The third-order valence-electron chi connectivity index (χ3n) is 2.97. The second kappa shape index (κ2) is 7.34. The Labute approximate surface area is 108 Å². The Bertz CT molecular complexity index is 369. The van der Waals surface area contributed by atoms with E-state index in [1.165, 1.54) is 13.2 Å². The number of rotatable bonds is 7. The highest BCUT2D eigenvalue weighted by Gasteiger charge is 2.13. The molecule has 1 unspecified atom stereocenters. The summed E-state index contributed by atoms with van der Waals surface area (Å²) in [6.45, 7) is 5.33. The summed E-state index contributed by atoms with van der Waals surface area (Å²) in [5.41, 5.74) is 0.637. The van der Waals surface area contributed by atoms with Gasteiger partial charge in [-0.25, -0.2) is 4.39 Å². The van der Waals surface area contributed by atoms with Crippen molar-refractivity contribution in [3.05, 3.63) is 29.6 Å². The van der Waals surface area contributed by atoms with E-state index in [2.05, 4.69) is 19.2 Å². The van der Waals surface area contributed by atoms with Crippen molar-refractivity contribution in [3.8, 4) is 5.75 Å². The minimum Gasteiger partial charge on any atom is -0.497 e. The first-order valence-electron chi connectivity index (χ1n) is 6.13. The van der Waals surface area contributed by atoms with E-state index in [-0.39, 0.29) is 11.9 Å². The van der Waals surface area contributed by atoms with Crippen LogP contribution in [0.1, 0.15) is 19.4 Å². The molecule has 0 aliphatic heterocycles. The number of nitrogens with one attached hydrogen (secondary N) is 1. The SMILES string of the molecule is COCC(NCc1ccc(OC)cc1F)C(C)C. The fraction of sp³-hybridized carbons (Fsp3) is 0.571. The summed E-state index contributed by atoms with van der Waals surface area (Å²) in [5.74, 6) is 0.724. The highest BCUT2D eigenvalue weighted by atomic mass is 19.1. The molecule has 1 atom stereocenters. The van der Waals surface area contributed by atoms with Crippen LogP contribution in [0.4, 0.5) is 4.39 Å². The molecule has 0 saturated carbocycles. The van der Waals surface area contributed by atoms with E-state index in [0.717, 1.165) is 0 Å². The smallest absolute Gasteiger partial charge is 0.131 e. The van der Waals surface area contributed by atoms with E-state index in [1.807, 2.05) is 0 Å². The summed E-state index contributed by atoms with van der Waals surface area (Å²) < 4.78 is 23.8. The van der Waals surface area contributed by atoms with Gasteiger partial charge in [-0.2, -0.15) is 0 Å². The zero-order valence-corrected chi connectivity index (χ0v) is 11.5. The van der Waals surface area contributed by atoms with Gasteiger partial charge in [-0.3, -0.25) is 0 Å². The molecule has 102 valence electrons. The minimum atomic E-state index is -0.248. The molecule has 3 nitrogen and oxygen atoms in total. The van der Waals surface area contributed by atoms with Crippen LogP contribution in [-0.4, -0.2) is 26.9 Å². The van der Waals surface area contributed by atoms with Gasteiger partial charge in [0.25, 0.3) is 0 Å². The molecule has 1 aromatic rings.